The van der Waals surface area contributed by atoms with Crippen molar-refractivity contribution in [3.8, 4) is 0 Å². The summed E-state index contributed by atoms with van der Waals surface area (Å²) < 4.78 is 2.82. The number of hydrogen-bond acceptors (Lipinski definition) is 8. The fourth-order valence-electron chi connectivity index (χ4n) is 3.76. The van der Waals surface area contributed by atoms with E-state index in [0.29, 0.717) is 16.3 Å². The summed E-state index contributed by atoms with van der Waals surface area (Å²) in [6, 6.07) is 11.3. The number of hydrogen-bond donors (Lipinski definition) is 2. The number of nitroso groups, excluding NO2 is 1. The van der Waals surface area contributed by atoms with Crippen LogP contribution in [0.2, 0.25) is 5.02 Å². The first-order valence-corrected chi connectivity index (χ1v) is 11.9. The van der Waals surface area contributed by atoms with Crippen LogP contribution in [0, 0.1) is 4.91 Å². The summed E-state index contributed by atoms with van der Waals surface area (Å²) >= 11 is 7.61. The Morgan fingerprint density at radius 3 is 2.60 bits per heavy atom. The number of nitrogens with one attached hydrogen (secondary N) is 1. The minimum Gasteiger partial charge on any atom is -0.372 e. The molecule has 1 amide bonds. The number of carbonyl (C=O) groups is 1. The number of benzene rings is 2. The van der Waals surface area contributed by atoms with E-state index < -0.39 is 29.7 Å². The SMILES string of the molecule is CC1Nc2ccc(/N=c3\n(N)c(=O)n([C@@H](C)CC(=O)N=O)c(=O)n3Cc3ccc(Cl)cc3)cc2S1. The summed E-state index contributed by atoms with van der Waals surface area (Å²) in [5.41, 5.74) is 0.487. The van der Waals surface area contributed by atoms with E-state index in [1.54, 1.807) is 42.1 Å². The Kier molecular flexibility index (Phi) is 6.94. The molecule has 0 saturated heterocycles. The van der Waals surface area contributed by atoms with Crippen molar-refractivity contribution in [3.05, 3.63) is 84.5 Å². The molecule has 1 aliphatic heterocycles. The molecule has 182 valence electrons. The van der Waals surface area contributed by atoms with E-state index in [0.717, 1.165) is 19.8 Å². The normalized spacial score (nSPS) is 16.0. The Bertz CT molecular complexity index is 1490. The second-order valence-corrected chi connectivity index (χ2v) is 9.87. The zero-order chi connectivity index (χ0) is 25.3. The van der Waals surface area contributed by atoms with Gasteiger partial charge in [-0.25, -0.2) is 19.1 Å². The lowest BCUT2D eigenvalue weighted by Crippen LogP contribution is -2.58. The molecule has 3 N–H and O–H groups in total. The number of rotatable bonds is 6. The number of nitrogen functional groups attached to an aromatic ring is 1. The Morgan fingerprint density at radius 2 is 1.91 bits per heavy atom. The fourth-order valence-corrected chi connectivity index (χ4v) is 4.90. The standard InChI is InChI=1S/C22H22ClN7O4S/c1-12(9-19(31)27-34)29-21(32)28(11-14-3-5-15(23)6-4-14)20(30(24)22(29)33)26-16-7-8-17-18(10-16)35-13(2)25-17/h3-8,10,12-13,25H,9,11,24H2,1-2H3/b26-20-/t12-,13?/m0/s1. The predicted molar refractivity (Wildman–Crippen MR) is 134 cm³/mol. The monoisotopic (exact) mass is 515 g/mol. The van der Waals surface area contributed by atoms with Crippen molar-refractivity contribution in [1.82, 2.24) is 13.8 Å². The maximum Gasteiger partial charge on any atom is 0.354 e. The molecule has 1 aromatic heterocycles. The van der Waals surface area contributed by atoms with Gasteiger partial charge in [0.1, 0.15) is 0 Å². The van der Waals surface area contributed by atoms with Gasteiger partial charge in [-0.05, 0) is 49.7 Å². The van der Waals surface area contributed by atoms with Crippen LogP contribution >= 0.6 is 23.4 Å². The lowest BCUT2D eigenvalue weighted by atomic mass is 10.2. The van der Waals surface area contributed by atoms with Crippen LogP contribution in [-0.2, 0) is 11.3 Å². The van der Waals surface area contributed by atoms with Crippen molar-refractivity contribution in [2.24, 2.45) is 10.2 Å². The number of carbonyl (C=O) groups excluding carboxylic acids is 1. The molecule has 0 radical (unpaired) electrons. The van der Waals surface area contributed by atoms with Gasteiger partial charge >= 0.3 is 11.4 Å². The zero-order valence-corrected chi connectivity index (χ0v) is 20.4. The van der Waals surface area contributed by atoms with Crippen LogP contribution in [-0.4, -0.2) is 25.1 Å². The van der Waals surface area contributed by atoms with E-state index in [-0.39, 0.29) is 17.5 Å². The number of fused-ring (bicyclic) bond motifs is 1. The van der Waals surface area contributed by atoms with Crippen LogP contribution in [0.25, 0.3) is 0 Å². The lowest BCUT2D eigenvalue weighted by molar-refractivity contribution is -0.118. The molecule has 2 atom stereocenters. The molecule has 35 heavy (non-hydrogen) atoms. The van der Waals surface area contributed by atoms with Gasteiger partial charge in [0.05, 0.1) is 24.0 Å². The van der Waals surface area contributed by atoms with Crippen LogP contribution < -0.4 is 28.2 Å². The first-order chi connectivity index (χ1) is 16.7. The summed E-state index contributed by atoms with van der Waals surface area (Å²) in [7, 11) is 0. The highest BCUT2D eigenvalue weighted by molar-refractivity contribution is 8.00. The molecule has 11 nitrogen and oxygen atoms in total. The van der Waals surface area contributed by atoms with E-state index in [9.17, 15) is 19.3 Å². The largest absolute Gasteiger partial charge is 0.372 e. The third-order valence-corrected chi connectivity index (χ3v) is 6.74. The topological polar surface area (TPSA) is 146 Å². The quantitative estimate of drug-likeness (QED) is 0.379. The van der Waals surface area contributed by atoms with Crippen molar-refractivity contribution in [1.29, 1.82) is 0 Å². The molecule has 2 aromatic carbocycles. The molecule has 1 aliphatic rings. The Hall–Kier alpha value is -3.64. The molecule has 13 heteroatoms. The molecule has 2 heterocycles. The smallest absolute Gasteiger partial charge is 0.354 e. The number of anilines is 1. The van der Waals surface area contributed by atoms with Gasteiger partial charge in [-0.2, -0.15) is 4.68 Å². The van der Waals surface area contributed by atoms with Crippen molar-refractivity contribution in [2.45, 2.75) is 43.1 Å². The van der Waals surface area contributed by atoms with E-state index in [2.05, 4.69) is 15.5 Å². The molecule has 0 fully saturated rings. The Balaban J connectivity index is 1.92. The molecule has 3 aromatic rings. The van der Waals surface area contributed by atoms with Gasteiger partial charge in [-0.15, -0.1) is 4.91 Å². The third-order valence-electron chi connectivity index (χ3n) is 5.43. The average Bonchev–Trinajstić information content (AvgIpc) is 3.20. The number of halogens is 1. The zero-order valence-electron chi connectivity index (χ0n) is 18.8. The summed E-state index contributed by atoms with van der Waals surface area (Å²) in [6.07, 6.45) is -0.427. The van der Waals surface area contributed by atoms with Crippen LogP contribution in [0.15, 0.2) is 67.1 Å². The molecule has 0 saturated carbocycles. The molecule has 4 rings (SSSR count). The summed E-state index contributed by atoms with van der Waals surface area (Å²) in [5, 5.41) is 6.40. The van der Waals surface area contributed by atoms with Gasteiger partial charge in [0.2, 0.25) is 5.62 Å². The number of nitrogens with zero attached hydrogens (tertiary/aromatic N) is 5. The summed E-state index contributed by atoms with van der Waals surface area (Å²) in [6.45, 7) is 3.52. The van der Waals surface area contributed by atoms with Crippen LogP contribution in [0.5, 0.6) is 0 Å². The lowest BCUT2D eigenvalue weighted by Gasteiger charge is -2.17. The first-order valence-electron chi connectivity index (χ1n) is 10.6. The minimum absolute atomic E-state index is 0.0250. The molecular weight excluding hydrogens is 494 g/mol. The molecule has 0 spiro atoms. The first kappa shape index (κ1) is 24.5. The number of amides is 1. The summed E-state index contributed by atoms with van der Waals surface area (Å²) in [4.78, 5) is 54.2. The van der Waals surface area contributed by atoms with E-state index >= 15 is 0 Å². The third kappa shape index (κ3) is 5.08. The van der Waals surface area contributed by atoms with E-state index in [4.69, 9.17) is 17.4 Å². The second kappa shape index (κ2) is 9.92. The van der Waals surface area contributed by atoms with Crippen molar-refractivity contribution in [2.75, 3.05) is 11.2 Å². The van der Waals surface area contributed by atoms with Crippen LogP contribution in [0.4, 0.5) is 11.4 Å². The van der Waals surface area contributed by atoms with E-state index in [1.807, 2.05) is 19.1 Å². The van der Waals surface area contributed by atoms with Crippen molar-refractivity contribution >= 4 is 40.6 Å². The molecular formula is C22H22ClN7O4S. The van der Waals surface area contributed by atoms with Gasteiger partial charge in [-0.3, -0.25) is 9.36 Å². The van der Waals surface area contributed by atoms with Crippen molar-refractivity contribution < 1.29 is 4.79 Å². The highest BCUT2D eigenvalue weighted by Gasteiger charge is 2.21. The highest BCUT2D eigenvalue weighted by Crippen LogP contribution is 2.39. The van der Waals surface area contributed by atoms with Gasteiger partial charge in [0.25, 0.3) is 5.91 Å². The van der Waals surface area contributed by atoms with Gasteiger partial charge in [-0.1, -0.05) is 35.5 Å². The summed E-state index contributed by atoms with van der Waals surface area (Å²) in [5.74, 6) is 5.15. The van der Waals surface area contributed by atoms with Crippen LogP contribution in [0.3, 0.4) is 0 Å². The Morgan fingerprint density at radius 1 is 1.20 bits per heavy atom. The number of nitrogens with two attached hydrogens (primary N) is 1. The average molecular weight is 516 g/mol. The molecule has 1 unspecified atom stereocenters. The van der Waals surface area contributed by atoms with Crippen molar-refractivity contribution in [3.63, 3.8) is 0 Å². The maximum atomic E-state index is 13.5. The van der Waals surface area contributed by atoms with Gasteiger partial charge in [0, 0.05) is 26.8 Å². The minimum atomic E-state index is -0.983. The number of aromatic nitrogens is 3. The highest BCUT2D eigenvalue weighted by atomic mass is 35.5. The fraction of sp³-hybridized carbons (Fsp3) is 0.273. The van der Waals surface area contributed by atoms with Crippen LogP contribution in [0.1, 0.15) is 31.9 Å². The second-order valence-electron chi connectivity index (χ2n) is 8.05. The number of thioether (sulfide) groups is 1. The van der Waals surface area contributed by atoms with E-state index in [1.165, 1.54) is 11.5 Å². The maximum absolute atomic E-state index is 13.5. The Labute approximate surface area is 208 Å². The predicted octanol–water partition coefficient (Wildman–Crippen LogP) is 2.57. The van der Waals surface area contributed by atoms with Gasteiger partial charge in [0.15, 0.2) is 0 Å². The molecule has 0 aliphatic carbocycles. The molecule has 0 bridgehead atoms. The van der Waals surface area contributed by atoms with Gasteiger partial charge < -0.3 is 11.2 Å².